The van der Waals surface area contributed by atoms with E-state index in [0.717, 1.165) is 6.42 Å². The molecule has 0 saturated heterocycles. The molecule has 116 valence electrons. The van der Waals surface area contributed by atoms with E-state index >= 15 is 0 Å². The van der Waals surface area contributed by atoms with Crippen molar-refractivity contribution in [3.8, 4) is 0 Å². The number of carbonyl (C=O) groups is 1. The summed E-state index contributed by atoms with van der Waals surface area (Å²) < 4.78 is 0. The molecule has 1 aliphatic rings. The molecule has 1 saturated carbocycles. The van der Waals surface area contributed by atoms with Crippen molar-refractivity contribution in [2.45, 2.75) is 38.2 Å². The minimum Gasteiger partial charge on any atom is -0.394 e. The van der Waals surface area contributed by atoms with E-state index < -0.39 is 6.10 Å². The molecule has 3 atom stereocenters. The number of hydrogen-bond donors (Lipinski definition) is 2. The Balaban J connectivity index is 1.93. The predicted molar refractivity (Wildman–Crippen MR) is 82.1 cm³/mol. The molecule has 1 aromatic rings. The first-order valence-electron chi connectivity index (χ1n) is 7.57. The maximum atomic E-state index is 12.2. The highest BCUT2D eigenvalue weighted by Gasteiger charge is 2.45. The Hall–Kier alpha value is -1.39. The molecule has 21 heavy (non-hydrogen) atoms. The molecule has 4 heteroatoms. The molecule has 4 nitrogen and oxygen atoms in total. The van der Waals surface area contributed by atoms with E-state index in [9.17, 15) is 9.90 Å². The number of hydrogen-bond acceptors (Lipinski definition) is 3. The molecule has 2 N–H and O–H groups in total. The van der Waals surface area contributed by atoms with Crippen LogP contribution in [0.2, 0.25) is 0 Å². The fourth-order valence-electron chi connectivity index (χ4n) is 2.71. The van der Waals surface area contributed by atoms with Crippen molar-refractivity contribution < 1.29 is 15.0 Å². The normalized spacial score (nSPS) is 22.2. The summed E-state index contributed by atoms with van der Waals surface area (Å²) in [4.78, 5) is 13.8. The summed E-state index contributed by atoms with van der Waals surface area (Å²) in [5.74, 6) is 0.889. The van der Waals surface area contributed by atoms with E-state index in [1.54, 1.807) is 7.05 Å². The molecule has 1 aromatic carbocycles. The molecule has 0 aromatic heterocycles. The van der Waals surface area contributed by atoms with Gasteiger partial charge in [0, 0.05) is 19.5 Å². The van der Waals surface area contributed by atoms with Crippen molar-refractivity contribution in [3.05, 3.63) is 35.4 Å². The average Bonchev–Trinajstić information content (AvgIpc) is 3.26. The highest BCUT2D eigenvalue weighted by Crippen LogP contribution is 2.48. The van der Waals surface area contributed by atoms with Crippen LogP contribution in [-0.2, 0) is 4.79 Å². The smallest absolute Gasteiger partial charge is 0.226 e. The predicted octanol–water partition coefficient (Wildman–Crippen LogP) is 1.73. The minimum atomic E-state index is -0.860. The third-order valence-electron chi connectivity index (χ3n) is 4.21. The van der Waals surface area contributed by atoms with Gasteiger partial charge in [0.15, 0.2) is 0 Å². The minimum absolute atomic E-state index is 0.0193. The summed E-state index contributed by atoms with van der Waals surface area (Å²) in [7, 11) is 1.68. The summed E-state index contributed by atoms with van der Waals surface area (Å²) in [5, 5.41) is 18.2. The molecule has 0 bridgehead atoms. The number of likely N-dealkylation sites (N-methyl/N-ethyl adjacent to an activating group) is 1. The summed E-state index contributed by atoms with van der Waals surface area (Å²) in [6, 6.07) is 8.52. The summed E-state index contributed by atoms with van der Waals surface area (Å²) in [6.45, 7) is 4.20. The van der Waals surface area contributed by atoms with Crippen LogP contribution in [-0.4, -0.2) is 47.3 Å². The lowest BCUT2D eigenvalue weighted by Gasteiger charge is -2.19. The first-order chi connectivity index (χ1) is 9.93. The number of nitrogens with zero attached hydrogens (tertiary/aromatic N) is 1. The fraction of sp³-hybridized carbons (Fsp3) is 0.588. The quantitative estimate of drug-likeness (QED) is 0.839. The average molecular weight is 291 g/mol. The number of aliphatic hydroxyl groups is 2. The van der Waals surface area contributed by atoms with E-state index in [1.807, 2.05) is 0 Å². The Morgan fingerprint density at radius 2 is 1.95 bits per heavy atom. The van der Waals surface area contributed by atoms with Crippen LogP contribution in [0.25, 0.3) is 0 Å². The van der Waals surface area contributed by atoms with E-state index in [0.29, 0.717) is 11.8 Å². The van der Waals surface area contributed by atoms with Gasteiger partial charge in [0.2, 0.25) is 5.91 Å². The van der Waals surface area contributed by atoms with Crippen LogP contribution in [0.1, 0.15) is 43.2 Å². The van der Waals surface area contributed by atoms with Gasteiger partial charge >= 0.3 is 0 Å². The highest BCUT2D eigenvalue weighted by atomic mass is 16.3. The second-order valence-corrected chi connectivity index (χ2v) is 6.33. The molecule has 1 fully saturated rings. The van der Waals surface area contributed by atoms with Gasteiger partial charge in [-0.05, 0) is 29.4 Å². The number of carbonyl (C=O) groups excluding carboxylic acids is 1. The Bertz CT molecular complexity index is 483. The standard InChI is InChI=1S/C17H25NO3/c1-11(2)12-4-6-13(7-5-12)15-8-16(15)17(21)18(3)9-14(20)10-19/h4-7,11,14-16,19-20H,8-10H2,1-3H3/t14-,15-,16-/m0/s1. The summed E-state index contributed by atoms with van der Waals surface area (Å²) in [5.41, 5.74) is 2.53. The lowest BCUT2D eigenvalue weighted by molar-refractivity contribution is -0.132. The molecule has 1 aliphatic carbocycles. The van der Waals surface area contributed by atoms with Gasteiger partial charge in [-0.2, -0.15) is 0 Å². The molecule has 1 amide bonds. The largest absolute Gasteiger partial charge is 0.394 e. The van der Waals surface area contributed by atoms with E-state index in [1.165, 1.54) is 16.0 Å². The van der Waals surface area contributed by atoms with Crippen LogP contribution in [0.3, 0.4) is 0 Å². The SMILES string of the molecule is CC(C)c1ccc([C@@H]2C[C@@H]2C(=O)N(C)C[C@H](O)CO)cc1. The van der Waals surface area contributed by atoms with Gasteiger partial charge in [-0.25, -0.2) is 0 Å². The molecule has 0 spiro atoms. The van der Waals surface area contributed by atoms with E-state index in [-0.39, 0.29) is 25.0 Å². The number of amides is 1. The Labute approximate surface area is 126 Å². The van der Waals surface area contributed by atoms with Gasteiger partial charge < -0.3 is 15.1 Å². The van der Waals surface area contributed by atoms with Crippen molar-refractivity contribution in [2.75, 3.05) is 20.2 Å². The second-order valence-electron chi connectivity index (χ2n) is 6.33. The lowest BCUT2D eigenvalue weighted by atomic mass is 10.00. The van der Waals surface area contributed by atoms with Crippen molar-refractivity contribution in [2.24, 2.45) is 5.92 Å². The number of rotatable bonds is 6. The van der Waals surface area contributed by atoms with Crippen LogP contribution in [0.15, 0.2) is 24.3 Å². The van der Waals surface area contributed by atoms with Crippen LogP contribution >= 0.6 is 0 Å². The molecule has 0 heterocycles. The van der Waals surface area contributed by atoms with Gasteiger partial charge in [-0.15, -0.1) is 0 Å². The van der Waals surface area contributed by atoms with Crippen molar-refractivity contribution in [3.63, 3.8) is 0 Å². The molecular formula is C17H25NO3. The number of aliphatic hydroxyl groups excluding tert-OH is 2. The molecule has 0 unspecified atom stereocenters. The van der Waals surface area contributed by atoms with Gasteiger partial charge in [0.1, 0.15) is 0 Å². The van der Waals surface area contributed by atoms with Crippen LogP contribution < -0.4 is 0 Å². The van der Waals surface area contributed by atoms with E-state index in [4.69, 9.17) is 5.11 Å². The third kappa shape index (κ3) is 3.83. The van der Waals surface area contributed by atoms with Crippen LogP contribution in [0.5, 0.6) is 0 Å². The third-order valence-corrected chi connectivity index (χ3v) is 4.21. The summed E-state index contributed by atoms with van der Waals surface area (Å²) in [6.07, 6.45) is 0.0147. The highest BCUT2D eigenvalue weighted by molar-refractivity contribution is 5.82. The Morgan fingerprint density at radius 3 is 2.48 bits per heavy atom. The zero-order valence-corrected chi connectivity index (χ0v) is 13.0. The Morgan fingerprint density at radius 1 is 1.33 bits per heavy atom. The van der Waals surface area contributed by atoms with E-state index in [2.05, 4.69) is 38.1 Å². The summed E-state index contributed by atoms with van der Waals surface area (Å²) >= 11 is 0. The first-order valence-corrected chi connectivity index (χ1v) is 7.57. The van der Waals surface area contributed by atoms with Crippen molar-refractivity contribution in [1.29, 1.82) is 0 Å². The topological polar surface area (TPSA) is 60.8 Å². The maximum Gasteiger partial charge on any atom is 0.226 e. The first kappa shape index (κ1) is 16.0. The van der Waals surface area contributed by atoms with Crippen LogP contribution in [0.4, 0.5) is 0 Å². The second kappa shape index (κ2) is 6.58. The van der Waals surface area contributed by atoms with Gasteiger partial charge in [0.25, 0.3) is 0 Å². The monoisotopic (exact) mass is 291 g/mol. The lowest BCUT2D eigenvalue weighted by Crippen LogP contribution is -2.36. The maximum absolute atomic E-state index is 12.2. The van der Waals surface area contributed by atoms with Crippen molar-refractivity contribution in [1.82, 2.24) is 4.90 Å². The zero-order chi connectivity index (χ0) is 15.6. The van der Waals surface area contributed by atoms with Crippen molar-refractivity contribution >= 4 is 5.91 Å². The van der Waals surface area contributed by atoms with Gasteiger partial charge in [-0.3, -0.25) is 4.79 Å². The fourth-order valence-corrected chi connectivity index (χ4v) is 2.71. The molecule has 0 radical (unpaired) electrons. The molecular weight excluding hydrogens is 266 g/mol. The molecule has 2 rings (SSSR count). The number of benzene rings is 1. The zero-order valence-electron chi connectivity index (χ0n) is 13.0. The van der Waals surface area contributed by atoms with Crippen LogP contribution in [0, 0.1) is 5.92 Å². The van der Waals surface area contributed by atoms with Gasteiger partial charge in [0.05, 0.1) is 12.7 Å². The molecule has 0 aliphatic heterocycles. The van der Waals surface area contributed by atoms with Gasteiger partial charge in [-0.1, -0.05) is 38.1 Å². The Kier molecular flexibility index (Phi) is 5.01.